The van der Waals surface area contributed by atoms with E-state index in [0.717, 1.165) is 63.2 Å². The Hall–Kier alpha value is -2.80. The lowest BCUT2D eigenvalue weighted by Crippen LogP contribution is -2.49. The number of benzene rings is 2. The Bertz CT molecular complexity index is 1050. The van der Waals surface area contributed by atoms with Crippen LogP contribution in [0.15, 0.2) is 61.2 Å². The van der Waals surface area contributed by atoms with Crippen molar-refractivity contribution in [3.63, 3.8) is 0 Å². The Morgan fingerprint density at radius 1 is 1.00 bits per heavy atom. The average molecular weight is 519 g/mol. The van der Waals surface area contributed by atoms with Crippen molar-refractivity contribution in [2.24, 2.45) is 0 Å². The van der Waals surface area contributed by atoms with Crippen LogP contribution in [-0.4, -0.2) is 91.3 Å². The van der Waals surface area contributed by atoms with Gasteiger partial charge >= 0.3 is 0 Å². The van der Waals surface area contributed by atoms with Crippen LogP contribution in [0.25, 0.3) is 0 Å². The zero-order valence-electron chi connectivity index (χ0n) is 23.6. The molecule has 2 saturated heterocycles. The summed E-state index contributed by atoms with van der Waals surface area (Å²) in [7, 11) is 0. The SMILES string of the molecule is C=CCN1CCNC(C)C1.CCCC(=O)CN1CCN(C(=O)c2cccc(Cc3cccc(C)c3)c2)CC1. The van der Waals surface area contributed by atoms with Gasteiger partial charge in [0.2, 0.25) is 0 Å². The van der Waals surface area contributed by atoms with Crippen molar-refractivity contribution in [2.75, 3.05) is 58.9 Å². The molecule has 2 aliphatic rings. The average Bonchev–Trinajstić information content (AvgIpc) is 2.90. The third kappa shape index (κ3) is 9.82. The summed E-state index contributed by atoms with van der Waals surface area (Å²) in [5, 5.41) is 3.39. The van der Waals surface area contributed by atoms with Crippen LogP contribution < -0.4 is 5.32 Å². The summed E-state index contributed by atoms with van der Waals surface area (Å²) in [6, 6.07) is 17.1. The second-order valence-corrected chi connectivity index (χ2v) is 10.6. The van der Waals surface area contributed by atoms with Crippen molar-refractivity contribution in [1.82, 2.24) is 20.0 Å². The maximum Gasteiger partial charge on any atom is 0.253 e. The monoisotopic (exact) mass is 518 g/mol. The van der Waals surface area contributed by atoms with E-state index >= 15 is 0 Å². The van der Waals surface area contributed by atoms with Crippen molar-refractivity contribution >= 4 is 11.7 Å². The molecule has 6 heteroatoms. The number of Topliss-reactive ketones (excluding diaryl/α,β-unsaturated/α-hetero) is 1. The third-order valence-electron chi connectivity index (χ3n) is 7.09. The van der Waals surface area contributed by atoms with Crippen molar-refractivity contribution in [3.05, 3.63) is 83.4 Å². The molecule has 2 fully saturated rings. The van der Waals surface area contributed by atoms with Crippen LogP contribution in [0.3, 0.4) is 0 Å². The van der Waals surface area contributed by atoms with E-state index in [2.05, 4.69) is 65.9 Å². The summed E-state index contributed by atoms with van der Waals surface area (Å²) in [5.41, 5.74) is 4.41. The number of carbonyl (C=O) groups is 2. The van der Waals surface area contributed by atoms with Crippen molar-refractivity contribution in [2.45, 2.75) is 46.1 Å². The fourth-order valence-electron chi connectivity index (χ4n) is 5.13. The van der Waals surface area contributed by atoms with Gasteiger partial charge in [-0.25, -0.2) is 0 Å². The van der Waals surface area contributed by atoms with Gasteiger partial charge < -0.3 is 10.2 Å². The lowest BCUT2D eigenvalue weighted by Gasteiger charge is -2.34. The largest absolute Gasteiger partial charge is 0.336 e. The highest BCUT2D eigenvalue weighted by molar-refractivity contribution is 5.94. The first-order valence-corrected chi connectivity index (χ1v) is 14.1. The van der Waals surface area contributed by atoms with Crippen LogP contribution in [0.2, 0.25) is 0 Å². The molecule has 2 heterocycles. The number of aryl methyl sites for hydroxylation is 1. The molecule has 2 aromatic rings. The Morgan fingerprint density at radius 2 is 1.71 bits per heavy atom. The number of amides is 1. The summed E-state index contributed by atoms with van der Waals surface area (Å²) in [5.74, 6) is 0.386. The molecule has 0 saturated carbocycles. The molecule has 38 heavy (non-hydrogen) atoms. The fraction of sp³-hybridized carbons (Fsp3) is 0.500. The van der Waals surface area contributed by atoms with Gasteiger partial charge in [0.15, 0.2) is 0 Å². The summed E-state index contributed by atoms with van der Waals surface area (Å²) in [6.45, 7) is 17.9. The van der Waals surface area contributed by atoms with Crippen LogP contribution in [0.4, 0.5) is 0 Å². The molecule has 2 aliphatic heterocycles. The van der Waals surface area contributed by atoms with Crippen molar-refractivity contribution < 1.29 is 9.59 Å². The Morgan fingerprint density at radius 3 is 2.37 bits per heavy atom. The molecule has 0 aliphatic carbocycles. The molecule has 0 bridgehead atoms. The number of rotatable bonds is 9. The predicted molar refractivity (Wildman–Crippen MR) is 157 cm³/mol. The topological polar surface area (TPSA) is 55.9 Å². The van der Waals surface area contributed by atoms with Crippen LogP contribution >= 0.6 is 0 Å². The first-order valence-electron chi connectivity index (χ1n) is 14.1. The summed E-state index contributed by atoms with van der Waals surface area (Å²) in [4.78, 5) is 31.2. The van der Waals surface area contributed by atoms with Crippen LogP contribution in [-0.2, 0) is 11.2 Å². The van der Waals surface area contributed by atoms with Gasteiger partial charge in [0, 0.05) is 70.4 Å². The van der Waals surface area contributed by atoms with Crippen LogP contribution in [0, 0.1) is 6.92 Å². The molecule has 6 nitrogen and oxygen atoms in total. The molecule has 1 atom stereocenters. The summed E-state index contributed by atoms with van der Waals surface area (Å²) < 4.78 is 0. The molecule has 1 amide bonds. The molecule has 4 rings (SSSR count). The molecular weight excluding hydrogens is 472 g/mol. The fourth-order valence-corrected chi connectivity index (χ4v) is 5.13. The zero-order valence-corrected chi connectivity index (χ0v) is 23.6. The van der Waals surface area contributed by atoms with E-state index in [0.29, 0.717) is 37.9 Å². The van der Waals surface area contributed by atoms with Gasteiger partial charge in [0.1, 0.15) is 5.78 Å². The summed E-state index contributed by atoms with van der Waals surface area (Å²) in [6.07, 6.45) is 4.34. The van der Waals surface area contributed by atoms with Gasteiger partial charge in [-0.05, 0) is 49.9 Å². The molecule has 0 spiro atoms. The minimum atomic E-state index is 0.0885. The first-order chi connectivity index (χ1) is 18.4. The lowest BCUT2D eigenvalue weighted by molar-refractivity contribution is -0.120. The van der Waals surface area contributed by atoms with E-state index in [9.17, 15) is 9.59 Å². The zero-order chi connectivity index (χ0) is 27.3. The quantitative estimate of drug-likeness (QED) is 0.505. The molecule has 2 aromatic carbocycles. The van der Waals surface area contributed by atoms with E-state index in [1.807, 2.05) is 36.1 Å². The van der Waals surface area contributed by atoms with Gasteiger partial charge in [-0.15, -0.1) is 6.58 Å². The standard InChI is InChI=1S/C24H30N2O2.C8H16N2/c1-3-6-23(27)18-25-11-13-26(14-12-25)24(28)22-10-5-9-21(17-22)16-20-8-4-7-19(2)15-20;1-3-5-10-6-4-9-8(2)7-10/h4-5,7-10,15,17H,3,6,11-14,16,18H2,1-2H3;3,8-9H,1,4-7H2,2H3. The van der Waals surface area contributed by atoms with Gasteiger partial charge in [0.25, 0.3) is 5.91 Å². The maximum atomic E-state index is 12.9. The van der Waals surface area contributed by atoms with E-state index in [4.69, 9.17) is 0 Å². The number of nitrogens with zero attached hydrogens (tertiary/aromatic N) is 3. The minimum absolute atomic E-state index is 0.0885. The highest BCUT2D eigenvalue weighted by Gasteiger charge is 2.23. The third-order valence-corrected chi connectivity index (χ3v) is 7.09. The predicted octanol–water partition coefficient (Wildman–Crippen LogP) is 4.18. The molecule has 1 N–H and O–H groups in total. The molecular formula is C32H46N4O2. The van der Waals surface area contributed by atoms with E-state index in [-0.39, 0.29) is 5.91 Å². The van der Waals surface area contributed by atoms with Crippen molar-refractivity contribution in [3.8, 4) is 0 Å². The first kappa shape index (κ1) is 29.8. The number of hydrogen-bond donors (Lipinski definition) is 1. The number of hydrogen-bond acceptors (Lipinski definition) is 5. The smallest absolute Gasteiger partial charge is 0.253 e. The second-order valence-electron chi connectivity index (χ2n) is 10.6. The van der Waals surface area contributed by atoms with Crippen molar-refractivity contribution in [1.29, 1.82) is 0 Å². The van der Waals surface area contributed by atoms with E-state index in [1.165, 1.54) is 11.1 Å². The Kier molecular flexibility index (Phi) is 12.2. The van der Waals surface area contributed by atoms with Gasteiger partial charge in [0.05, 0.1) is 6.54 Å². The second kappa shape index (κ2) is 15.6. The van der Waals surface area contributed by atoms with Gasteiger partial charge in [-0.2, -0.15) is 0 Å². The van der Waals surface area contributed by atoms with Gasteiger partial charge in [-0.3, -0.25) is 19.4 Å². The number of piperazine rings is 2. The molecule has 1 unspecified atom stereocenters. The number of carbonyl (C=O) groups excluding carboxylic acids is 2. The molecule has 0 aromatic heterocycles. The highest BCUT2D eigenvalue weighted by Crippen LogP contribution is 2.15. The van der Waals surface area contributed by atoms with E-state index < -0.39 is 0 Å². The normalized spacial score (nSPS) is 18.4. The Labute approximate surface area is 229 Å². The number of ketones is 1. The summed E-state index contributed by atoms with van der Waals surface area (Å²) >= 11 is 0. The maximum absolute atomic E-state index is 12.9. The van der Waals surface area contributed by atoms with Gasteiger partial charge in [-0.1, -0.05) is 55.0 Å². The lowest BCUT2D eigenvalue weighted by atomic mass is 10.0. The van der Waals surface area contributed by atoms with Crippen LogP contribution in [0.5, 0.6) is 0 Å². The van der Waals surface area contributed by atoms with Crippen LogP contribution in [0.1, 0.15) is 53.7 Å². The highest BCUT2D eigenvalue weighted by atomic mass is 16.2. The van der Waals surface area contributed by atoms with E-state index in [1.54, 1.807) is 0 Å². The number of nitrogens with one attached hydrogen (secondary N) is 1. The minimum Gasteiger partial charge on any atom is -0.336 e. The molecule has 0 radical (unpaired) electrons. The molecule has 206 valence electrons. The Balaban J connectivity index is 0.000000336.